The average molecular weight is 284 g/mol. The van der Waals surface area contributed by atoms with Gasteiger partial charge in [0.2, 0.25) is 0 Å². The van der Waals surface area contributed by atoms with Crippen molar-refractivity contribution in [3.8, 4) is 0 Å². The van der Waals surface area contributed by atoms with Crippen LogP contribution in [0.3, 0.4) is 0 Å². The molecule has 0 fully saturated rings. The van der Waals surface area contributed by atoms with Crippen LogP contribution in [0.15, 0.2) is 0 Å². The number of anilines is 1. The van der Waals surface area contributed by atoms with Crippen LogP contribution < -0.4 is 4.90 Å². The quantitative estimate of drug-likeness (QED) is 0.844. The first-order chi connectivity index (χ1) is 8.93. The number of rotatable bonds is 5. The number of likely N-dealkylation sites (N-methyl/N-ethyl adjacent to an activating group) is 1. The SMILES string of the molecule is CCOCCN(C)c1nc2c(s1)C(O)CC(C)(C)C2. The molecule has 1 heterocycles. The first kappa shape index (κ1) is 14.8. The minimum absolute atomic E-state index is 0.141. The van der Waals surface area contributed by atoms with Crippen LogP contribution in [0.25, 0.3) is 0 Å². The number of aliphatic hydroxyl groups excluding tert-OH is 1. The second-order valence-electron chi connectivity index (χ2n) is 5.99. The van der Waals surface area contributed by atoms with E-state index in [1.54, 1.807) is 11.3 Å². The van der Waals surface area contributed by atoms with Crippen molar-refractivity contribution in [1.82, 2.24) is 4.98 Å². The fraction of sp³-hybridized carbons (Fsp3) is 0.786. The van der Waals surface area contributed by atoms with Crippen LogP contribution >= 0.6 is 11.3 Å². The van der Waals surface area contributed by atoms with Crippen LogP contribution in [-0.4, -0.2) is 36.9 Å². The molecule has 0 aromatic carbocycles. The third-order valence-electron chi connectivity index (χ3n) is 3.51. The number of aliphatic hydroxyl groups is 1. The maximum atomic E-state index is 10.2. The average Bonchev–Trinajstić information content (AvgIpc) is 2.71. The smallest absolute Gasteiger partial charge is 0.185 e. The molecule has 0 saturated carbocycles. The van der Waals surface area contributed by atoms with E-state index in [1.165, 1.54) is 0 Å². The predicted octanol–water partition coefficient (Wildman–Crippen LogP) is 2.62. The second kappa shape index (κ2) is 5.77. The van der Waals surface area contributed by atoms with Crippen molar-refractivity contribution in [2.24, 2.45) is 5.41 Å². The van der Waals surface area contributed by atoms with E-state index in [2.05, 4.69) is 18.7 Å². The van der Waals surface area contributed by atoms with E-state index in [0.717, 1.165) is 41.7 Å². The molecule has 1 aliphatic carbocycles. The van der Waals surface area contributed by atoms with Crippen LogP contribution in [0, 0.1) is 5.41 Å². The van der Waals surface area contributed by atoms with E-state index in [1.807, 2.05) is 14.0 Å². The molecule has 0 amide bonds. The fourth-order valence-corrected chi connectivity index (χ4v) is 3.54. The standard InChI is InChI=1S/C14H24N2O2S/c1-5-18-7-6-16(4)13-15-10-8-14(2,3)9-11(17)12(10)19-13/h11,17H,5-9H2,1-4H3. The molecule has 0 saturated heterocycles. The maximum Gasteiger partial charge on any atom is 0.185 e. The summed E-state index contributed by atoms with van der Waals surface area (Å²) in [5.41, 5.74) is 1.22. The molecule has 0 radical (unpaired) electrons. The molecule has 1 aliphatic rings. The highest BCUT2D eigenvalue weighted by atomic mass is 32.1. The number of aromatic nitrogens is 1. The van der Waals surface area contributed by atoms with Crippen LogP contribution in [0.1, 0.15) is 43.9 Å². The minimum atomic E-state index is -0.356. The van der Waals surface area contributed by atoms with Crippen LogP contribution in [-0.2, 0) is 11.2 Å². The van der Waals surface area contributed by atoms with Crippen molar-refractivity contribution in [3.63, 3.8) is 0 Å². The molecule has 4 nitrogen and oxygen atoms in total. The Morgan fingerprint density at radius 2 is 2.26 bits per heavy atom. The Hall–Kier alpha value is -0.650. The van der Waals surface area contributed by atoms with Crippen LogP contribution in [0.5, 0.6) is 0 Å². The van der Waals surface area contributed by atoms with Gasteiger partial charge in [-0.05, 0) is 25.2 Å². The number of fused-ring (bicyclic) bond motifs is 1. The third kappa shape index (κ3) is 3.46. The van der Waals surface area contributed by atoms with Crippen LogP contribution in [0.2, 0.25) is 0 Å². The molecule has 1 aromatic heterocycles. The Morgan fingerprint density at radius 1 is 1.53 bits per heavy atom. The lowest BCUT2D eigenvalue weighted by Gasteiger charge is -2.31. The van der Waals surface area contributed by atoms with E-state index in [-0.39, 0.29) is 11.5 Å². The summed E-state index contributed by atoms with van der Waals surface area (Å²) in [6.45, 7) is 8.68. The number of hydrogen-bond donors (Lipinski definition) is 1. The maximum absolute atomic E-state index is 10.2. The van der Waals surface area contributed by atoms with Gasteiger partial charge in [0.1, 0.15) is 0 Å². The van der Waals surface area contributed by atoms with E-state index in [4.69, 9.17) is 9.72 Å². The third-order valence-corrected chi connectivity index (χ3v) is 4.83. The zero-order valence-electron chi connectivity index (χ0n) is 12.3. The van der Waals surface area contributed by atoms with Crippen molar-refractivity contribution in [3.05, 3.63) is 10.6 Å². The molecule has 5 heteroatoms. The van der Waals surface area contributed by atoms with E-state index in [9.17, 15) is 5.11 Å². The lowest BCUT2D eigenvalue weighted by atomic mass is 9.77. The first-order valence-electron chi connectivity index (χ1n) is 6.89. The van der Waals surface area contributed by atoms with Gasteiger partial charge in [-0.25, -0.2) is 4.98 Å². The topological polar surface area (TPSA) is 45.6 Å². The van der Waals surface area contributed by atoms with Gasteiger partial charge in [-0.2, -0.15) is 0 Å². The van der Waals surface area contributed by atoms with E-state index in [0.29, 0.717) is 6.61 Å². The Bertz CT molecular complexity index is 431. The van der Waals surface area contributed by atoms with Gasteiger partial charge in [-0.1, -0.05) is 25.2 Å². The summed E-state index contributed by atoms with van der Waals surface area (Å²) >= 11 is 1.62. The predicted molar refractivity (Wildman–Crippen MR) is 78.9 cm³/mol. The molecule has 2 rings (SSSR count). The molecule has 1 atom stereocenters. The highest BCUT2D eigenvalue weighted by Gasteiger charge is 2.34. The number of thiazole rings is 1. The number of hydrogen-bond acceptors (Lipinski definition) is 5. The van der Waals surface area contributed by atoms with Crippen molar-refractivity contribution in [2.75, 3.05) is 31.7 Å². The van der Waals surface area contributed by atoms with Crippen molar-refractivity contribution < 1.29 is 9.84 Å². The van der Waals surface area contributed by atoms with E-state index < -0.39 is 0 Å². The van der Waals surface area contributed by atoms with Crippen molar-refractivity contribution in [2.45, 2.75) is 39.7 Å². The summed E-state index contributed by atoms with van der Waals surface area (Å²) in [6.07, 6.45) is 1.42. The molecule has 1 unspecified atom stereocenters. The lowest BCUT2D eigenvalue weighted by Crippen LogP contribution is -2.25. The van der Waals surface area contributed by atoms with Crippen molar-refractivity contribution in [1.29, 1.82) is 0 Å². The number of ether oxygens (including phenoxy) is 1. The monoisotopic (exact) mass is 284 g/mol. The molecule has 0 bridgehead atoms. The summed E-state index contributed by atoms with van der Waals surface area (Å²) < 4.78 is 5.37. The molecule has 0 aliphatic heterocycles. The van der Waals surface area contributed by atoms with Gasteiger partial charge in [0.15, 0.2) is 5.13 Å². The van der Waals surface area contributed by atoms with Crippen LogP contribution in [0.4, 0.5) is 5.13 Å². The van der Waals surface area contributed by atoms with Gasteiger partial charge in [-0.15, -0.1) is 0 Å². The molecule has 19 heavy (non-hydrogen) atoms. The first-order valence-corrected chi connectivity index (χ1v) is 7.71. The normalized spacial score (nSPS) is 21.2. The highest BCUT2D eigenvalue weighted by Crippen LogP contribution is 2.44. The zero-order valence-corrected chi connectivity index (χ0v) is 13.1. The van der Waals surface area contributed by atoms with Gasteiger partial charge < -0.3 is 14.7 Å². The molecular weight excluding hydrogens is 260 g/mol. The zero-order chi connectivity index (χ0) is 14.0. The largest absolute Gasteiger partial charge is 0.387 e. The van der Waals surface area contributed by atoms with Gasteiger partial charge in [0.25, 0.3) is 0 Å². The van der Waals surface area contributed by atoms with Crippen molar-refractivity contribution >= 4 is 16.5 Å². The Kier molecular flexibility index (Phi) is 4.48. The molecule has 1 N–H and O–H groups in total. The summed E-state index contributed by atoms with van der Waals surface area (Å²) in [4.78, 5) is 7.87. The molecular formula is C14H24N2O2S. The lowest BCUT2D eigenvalue weighted by molar-refractivity contribution is 0.102. The molecule has 108 valence electrons. The highest BCUT2D eigenvalue weighted by molar-refractivity contribution is 7.15. The molecule has 1 aromatic rings. The Labute approximate surface area is 119 Å². The Balaban J connectivity index is 2.09. The summed E-state index contributed by atoms with van der Waals surface area (Å²) in [5, 5.41) is 11.2. The van der Waals surface area contributed by atoms with Gasteiger partial charge in [0.05, 0.1) is 23.3 Å². The summed E-state index contributed by atoms with van der Waals surface area (Å²) in [6, 6.07) is 0. The van der Waals surface area contributed by atoms with E-state index >= 15 is 0 Å². The van der Waals surface area contributed by atoms with Gasteiger partial charge in [0, 0.05) is 20.2 Å². The van der Waals surface area contributed by atoms with Gasteiger partial charge in [-0.3, -0.25) is 0 Å². The summed E-state index contributed by atoms with van der Waals surface area (Å²) in [5.74, 6) is 0. The van der Waals surface area contributed by atoms with Gasteiger partial charge >= 0.3 is 0 Å². The fourth-order valence-electron chi connectivity index (χ4n) is 2.48. The number of nitrogens with zero attached hydrogens (tertiary/aromatic N) is 2. The Morgan fingerprint density at radius 3 is 2.95 bits per heavy atom. The molecule has 0 spiro atoms. The minimum Gasteiger partial charge on any atom is -0.387 e. The summed E-state index contributed by atoms with van der Waals surface area (Å²) in [7, 11) is 2.03. The second-order valence-corrected chi connectivity index (χ2v) is 7.00.